The van der Waals surface area contributed by atoms with Crippen LogP contribution in [0.2, 0.25) is 0 Å². The highest BCUT2D eigenvalue weighted by Gasteiger charge is 2.45. The molecule has 0 bridgehead atoms. The van der Waals surface area contributed by atoms with Crippen LogP contribution in [0.25, 0.3) is 0 Å². The van der Waals surface area contributed by atoms with E-state index >= 15 is 0 Å². The topological polar surface area (TPSA) is 137 Å². The minimum atomic E-state index is -0.924. The molecule has 1 unspecified atom stereocenters. The van der Waals surface area contributed by atoms with Crippen LogP contribution in [0.5, 0.6) is 0 Å². The van der Waals surface area contributed by atoms with Crippen LogP contribution < -0.4 is 5.73 Å². The van der Waals surface area contributed by atoms with Crippen LogP contribution in [0.15, 0.2) is 64.8 Å². The second-order valence-electron chi connectivity index (χ2n) is 10.1. The molecule has 0 aliphatic carbocycles. The average molecular weight is 521 g/mol. The summed E-state index contributed by atoms with van der Waals surface area (Å²) in [7, 11) is 1.26. The number of non-ortho nitro benzene ring substituents is 1. The van der Waals surface area contributed by atoms with Crippen LogP contribution in [0, 0.1) is 16.0 Å². The summed E-state index contributed by atoms with van der Waals surface area (Å²) in [6, 6.07) is 13.6. The molecule has 2 N–H and O–H groups in total. The Kier molecular flexibility index (Phi) is 7.63. The van der Waals surface area contributed by atoms with Gasteiger partial charge in [0.2, 0.25) is 0 Å². The minimum absolute atomic E-state index is 0.141. The molecule has 0 saturated carbocycles. The van der Waals surface area contributed by atoms with Crippen molar-refractivity contribution in [2.75, 3.05) is 25.9 Å². The van der Waals surface area contributed by atoms with E-state index in [0.29, 0.717) is 42.2 Å². The molecule has 1 fully saturated rings. The number of aliphatic imine (C=N–C) groups is 1. The van der Waals surface area contributed by atoms with Gasteiger partial charge in [-0.3, -0.25) is 24.8 Å². The number of allylic oxidation sites excluding steroid dienone is 1. The van der Waals surface area contributed by atoms with Gasteiger partial charge in [0.1, 0.15) is 11.5 Å². The second kappa shape index (κ2) is 10.7. The molecular weight excluding hydrogens is 488 g/mol. The third-order valence-corrected chi connectivity index (χ3v) is 7.18. The number of rotatable bonds is 7. The molecule has 10 heteroatoms. The van der Waals surface area contributed by atoms with E-state index in [2.05, 4.69) is 9.89 Å². The van der Waals surface area contributed by atoms with Crippen LogP contribution in [-0.2, 0) is 25.6 Å². The normalized spacial score (nSPS) is 23.6. The maximum Gasteiger partial charge on any atom is 0.337 e. The molecule has 0 amide bonds. The van der Waals surface area contributed by atoms with Crippen molar-refractivity contribution < 1.29 is 24.0 Å². The summed E-state index contributed by atoms with van der Waals surface area (Å²) in [5, 5.41) is 11.5. The first-order valence-corrected chi connectivity index (χ1v) is 12.4. The smallest absolute Gasteiger partial charge is 0.337 e. The van der Waals surface area contributed by atoms with Gasteiger partial charge in [0, 0.05) is 61.2 Å². The zero-order valence-corrected chi connectivity index (χ0v) is 22.0. The Labute approximate surface area is 221 Å². The predicted molar refractivity (Wildman–Crippen MR) is 142 cm³/mol. The number of carbonyl (C=O) groups excluding carboxylic acids is 2. The number of esters is 2. The maximum atomic E-state index is 13.8. The van der Waals surface area contributed by atoms with Crippen LogP contribution >= 0.6 is 0 Å². The molecule has 2 aliphatic rings. The van der Waals surface area contributed by atoms with E-state index in [1.807, 2.05) is 31.2 Å². The van der Waals surface area contributed by atoms with Crippen molar-refractivity contribution in [3.63, 3.8) is 0 Å². The SMILES string of the molecule is COC(=O)C1C(C)=NC(C)=C(C(=O)O[C@@]2(C)CCN(Cc3ccc(N)cc3)C2)[C@@H]1c1cccc([N+](=O)[O-])c1. The zero-order chi connectivity index (χ0) is 27.6. The lowest BCUT2D eigenvalue weighted by atomic mass is 9.75. The van der Waals surface area contributed by atoms with E-state index in [-0.39, 0.29) is 11.3 Å². The van der Waals surface area contributed by atoms with Gasteiger partial charge in [-0.25, -0.2) is 4.79 Å². The number of methoxy groups -OCH3 is 1. The highest BCUT2D eigenvalue weighted by atomic mass is 16.6. The Morgan fingerprint density at radius 1 is 1.21 bits per heavy atom. The standard InChI is InChI=1S/C28H32N4O6/c1-17-23(26(33)37-4)25(20-6-5-7-22(14-20)32(35)36)24(18(2)30-17)27(34)38-28(3)12-13-31(16-28)15-19-8-10-21(29)11-9-19/h5-11,14,23,25H,12-13,15-16,29H2,1-4H3/t23?,25-,28+/m1/s1. The highest BCUT2D eigenvalue weighted by molar-refractivity contribution is 6.07. The lowest BCUT2D eigenvalue weighted by molar-refractivity contribution is -0.384. The Bertz CT molecular complexity index is 1320. The molecule has 0 aromatic heterocycles. The maximum absolute atomic E-state index is 13.8. The van der Waals surface area contributed by atoms with Gasteiger partial charge in [0.15, 0.2) is 0 Å². The van der Waals surface area contributed by atoms with E-state index in [0.717, 1.165) is 12.1 Å². The largest absolute Gasteiger partial charge is 0.468 e. The van der Waals surface area contributed by atoms with Crippen molar-refractivity contribution in [2.24, 2.45) is 10.9 Å². The monoisotopic (exact) mass is 520 g/mol. The quantitative estimate of drug-likeness (QED) is 0.250. The highest BCUT2D eigenvalue weighted by Crippen LogP contribution is 2.42. The number of carbonyl (C=O) groups is 2. The Morgan fingerprint density at radius 2 is 1.92 bits per heavy atom. The van der Waals surface area contributed by atoms with Crippen molar-refractivity contribution in [3.8, 4) is 0 Å². The molecule has 10 nitrogen and oxygen atoms in total. The van der Waals surface area contributed by atoms with Gasteiger partial charge >= 0.3 is 11.9 Å². The van der Waals surface area contributed by atoms with Crippen molar-refractivity contribution >= 4 is 29.0 Å². The molecule has 3 atom stereocenters. The first-order chi connectivity index (χ1) is 18.0. The van der Waals surface area contributed by atoms with Gasteiger partial charge in [-0.1, -0.05) is 24.3 Å². The summed E-state index contributed by atoms with van der Waals surface area (Å²) < 4.78 is 11.1. The van der Waals surface area contributed by atoms with E-state index < -0.39 is 34.3 Å². The Morgan fingerprint density at radius 3 is 2.58 bits per heavy atom. The molecule has 38 heavy (non-hydrogen) atoms. The minimum Gasteiger partial charge on any atom is -0.468 e. The summed E-state index contributed by atoms with van der Waals surface area (Å²) >= 11 is 0. The molecule has 2 heterocycles. The van der Waals surface area contributed by atoms with Gasteiger partial charge in [-0.05, 0) is 44.0 Å². The number of nitrogen functional groups attached to an aromatic ring is 1. The number of hydrogen-bond donors (Lipinski definition) is 1. The number of nitro benzene ring substituents is 1. The van der Waals surface area contributed by atoms with Gasteiger partial charge in [0.25, 0.3) is 5.69 Å². The van der Waals surface area contributed by atoms with Crippen LogP contribution in [0.4, 0.5) is 11.4 Å². The van der Waals surface area contributed by atoms with Crippen molar-refractivity contribution in [1.82, 2.24) is 4.90 Å². The lowest BCUT2D eigenvalue weighted by Crippen LogP contribution is -2.40. The Balaban J connectivity index is 1.62. The summed E-state index contributed by atoms with van der Waals surface area (Å²) in [5.74, 6) is -2.95. The number of hydrogen-bond acceptors (Lipinski definition) is 9. The molecule has 4 rings (SSSR count). The number of anilines is 1. The number of nitrogens with zero attached hydrogens (tertiary/aromatic N) is 3. The van der Waals surface area contributed by atoms with E-state index in [9.17, 15) is 19.7 Å². The summed E-state index contributed by atoms with van der Waals surface area (Å²) in [5.41, 5.74) is 8.21. The number of nitro groups is 1. The molecule has 200 valence electrons. The molecule has 0 spiro atoms. The van der Waals surface area contributed by atoms with E-state index in [1.54, 1.807) is 19.9 Å². The second-order valence-corrected chi connectivity index (χ2v) is 10.1. The van der Waals surface area contributed by atoms with Gasteiger partial charge < -0.3 is 15.2 Å². The fraction of sp³-hybridized carbons (Fsp3) is 0.393. The molecule has 1 saturated heterocycles. The summed E-state index contributed by atoms with van der Waals surface area (Å²) in [6.07, 6.45) is 0.629. The Hall–Kier alpha value is -4.05. The molecule has 2 aromatic carbocycles. The van der Waals surface area contributed by atoms with Crippen molar-refractivity contribution in [2.45, 2.75) is 45.3 Å². The predicted octanol–water partition coefficient (Wildman–Crippen LogP) is 4.01. The molecular formula is C28H32N4O6. The van der Waals surface area contributed by atoms with Crippen LogP contribution in [0.1, 0.15) is 44.2 Å². The van der Waals surface area contributed by atoms with E-state index in [1.165, 1.54) is 25.3 Å². The lowest BCUT2D eigenvalue weighted by Gasteiger charge is -2.33. The summed E-state index contributed by atoms with van der Waals surface area (Å²) in [6.45, 7) is 7.22. The zero-order valence-electron chi connectivity index (χ0n) is 22.0. The van der Waals surface area contributed by atoms with Gasteiger partial charge in [-0.2, -0.15) is 0 Å². The fourth-order valence-corrected chi connectivity index (χ4v) is 5.33. The van der Waals surface area contributed by atoms with Crippen molar-refractivity contribution in [1.29, 1.82) is 0 Å². The van der Waals surface area contributed by atoms with Crippen LogP contribution in [-0.4, -0.2) is 53.3 Å². The fourth-order valence-electron chi connectivity index (χ4n) is 5.33. The third-order valence-electron chi connectivity index (χ3n) is 7.18. The molecule has 2 aliphatic heterocycles. The molecule has 0 radical (unpaired) electrons. The van der Waals surface area contributed by atoms with Crippen molar-refractivity contribution in [3.05, 3.63) is 81.0 Å². The average Bonchev–Trinajstić information content (AvgIpc) is 3.24. The number of nitrogens with two attached hydrogens (primary N) is 1. The number of benzene rings is 2. The van der Waals surface area contributed by atoms with Gasteiger partial charge in [-0.15, -0.1) is 0 Å². The van der Waals surface area contributed by atoms with E-state index in [4.69, 9.17) is 15.2 Å². The summed E-state index contributed by atoms with van der Waals surface area (Å²) in [4.78, 5) is 44.3. The third kappa shape index (κ3) is 5.60. The number of ether oxygens (including phenoxy) is 2. The molecule has 2 aromatic rings. The van der Waals surface area contributed by atoms with Gasteiger partial charge in [0.05, 0.1) is 17.6 Å². The first kappa shape index (κ1) is 27.0. The number of likely N-dealkylation sites (tertiary alicyclic amines) is 1. The first-order valence-electron chi connectivity index (χ1n) is 12.4. The van der Waals surface area contributed by atoms with Crippen LogP contribution in [0.3, 0.4) is 0 Å².